The first-order valence-corrected chi connectivity index (χ1v) is 8.66. The van der Waals surface area contributed by atoms with E-state index in [9.17, 15) is 4.79 Å². The molecule has 6 heteroatoms. The molecule has 0 saturated carbocycles. The van der Waals surface area contributed by atoms with Gasteiger partial charge in [0.05, 0.1) is 24.6 Å². The van der Waals surface area contributed by atoms with Crippen LogP contribution in [0.2, 0.25) is 5.02 Å². The summed E-state index contributed by atoms with van der Waals surface area (Å²) in [4.78, 5) is 14.7. The summed E-state index contributed by atoms with van der Waals surface area (Å²) in [6.45, 7) is 4.71. The number of para-hydroxylation sites is 2. The predicted octanol–water partition coefficient (Wildman–Crippen LogP) is 3.58. The Morgan fingerprint density at radius 3 is 2.72 bits per heavy atom. The van der Waals surface area contributed by atoms with E-state index < -0.39 is 6.10 Å². The SMILES string of the molecule is CC(Oc1cccc(Cl)c1)C(=O)Nc1ccccc1N1CCOCC1. The molecule has 0 spiro atoms. The third-order valence-corrected chi connectivity index (χ3v) is 4.23. The Morgan fingerprint density at radius 2 is 1.96 bits per heavy atom. The lowest BCUT2D eigenvalue weighted by atomic mass is 10.2. The molecule has 0 aliphatic carbocycles. The van der Waals surface area contributed by atoms with Crippen molar-refractivity contribution in [3.8, 4) is 5.75 Å². The molecule has 1 aliphatic heterocycles. The molecule has 1 heterocycles. The van der Waals surface area contributed by atoms with Gasteiger partial charge in [-0.05, 0) is 37.3 Å². The third kappa shape index (κ3) is 4.65. The molecule has 1 saturated heterocycles. The molecule has 2 aromatic carbocycles. The molecule has 25 heavy (non-hydrogen) atoms. The van der Waals surface area contributed by atoms with Crippen LogP contribution in [0.25, 0.3) is 0 Å². The number of rotatable bonds is 5. The van der Waals surface area contributed by atoms with Crippen LogP contribution in [0.3, 0.4) is 0 Å². The van der Waals surface area contributed by atoms with Crippen LogP contribution in [0.1, 0.15) is 6.92 Å². The Labute approximate surface area is 152 Å². The number of benzene rings is 2. The minimum Gasteiger partial charge on any atom is -0.481 e. The molecule has 3 rings (SSSR count). The highest BCUT2D eigenvalue weighted by Gasteiger charge is 2.19. The zero-order valence-electron chi connectivity index (χ0n) is 14.1. The highest BCUT2D eigenvalue weighted by molar-refractivity contribution is 6.30. The number of ether oxygens (including phenoxy) is 2. The Morgan fingerprint density at radius 1 is 1.20 bits per heavy atom. The minimum atomic E-state index is -0.642. The summed E-state index contributed by atoms with van der Waals surface area (Å²) >= 11 is 5.95. The van der Waals surface area contributed by atoms with Crippen molar-refractivity contribution in [2.24, 2.45) is 0 Å². The van der Waals surface area contributed by atoms with Gasteiger partial charge in [0.2, 0.25) is 0 Å². The average Bonchev–Trinajstić information content (AvgIpc) is 2.63. The van der Waals surface area contributed by atoms with Gasteiger partial charge >= 0.3 is 0 Å². The fraction of sp³-hybridized carbons (Fsp3) is 0.316. The number of nitrogens with zero attached hydrogens (tertiary/aromatic N) is 1. The second-order valence-corrected chi connectivity index (χ2v) is 6.26. The number of carbonyl (C=O) groups is 1. The summed E-state index contributed by atoms with van der Waals surface area (Å²) in [7, 11) is 0. The van der Waals surface area contributed by atoms with Gasteiger partial charge in [-0.25, -0.2) is 0 Å². The van der Waals surface area contributed by atoms with E-state index in [0.717, 1.165) is 24.5 Å². The number of morpholine rings is 1. The highest BCUT2D eigenvalue weighted by atomic mass is 35.5. The van der Waals surface area contributed by atoms with E-state index in [2.05, 4.69) is 10.2 Å². The normalized spacial score (nSPS) is 15.5. The molecule has 1 N–H and O–H groups in total. The van der Waals surface area contributed by atoms with Crippen LogP contribution < -0.4 is 15.0 Å². The molecule has 1 fully saturated rings. The van der Waals surface area contributed by atoms with Crippen molar-refractivity contribution in [2.45, 2.75) is 13.0 Å². The summed E-state index contributed by atoms with van der Waals surface area (Å²) in [6.07, 6.45) is -0.642. The zero-order valence-corrected chi connectivity index (χ0v) is 14.8. The van der Waals surface area contributed by atoms with E-state index in [1.807, 2.05) is 24.3 Å². The maximum atomic E-state index is 12.5. The van der Waals surface area contributed by atoms with Crippen molar-refractivity contribution >= 4 is 28.9 Å². The number of hydrogen-bond donors (Lipinski definition) is 1. The van der Waals surface area contributed by atoms with Gasteiger partial charge in [0.15, 0.2) is 6.10 Å². The number of carbonyl (C=O) groups excluding carboxylic acids is 1. The minimum absolute atomic E-state index is 0.208. The summed E-state index contributed by atoms with van der Waals surface area (Å²) in [5.74, 6) is 0.359. The average molecular weight is 361 g/mol. The number of hydrogen-bond acceptors (Lipinski definition) is 4. The van der Waals surface area contributed by atoms with Crippen molar-refractivity contribution in [1.82, 2.24) is 0 Å². The Bertz CT molecular complexity index is 732. The maximum absolute atomic E-state index is 12.5. The van der Waals surface area contributed by atoms with E-state index >= 15 is 0 Å². The fourth-order valence-corrected chi connectivity index (χ4v) is 2.87. The van der Waals surface area contributed by atoms with Crippen molar-refractivity contribution in [2.75, 3.05) is 36.5 Å². The number of halogens is 1. The standard InChI is InChI=1S/C19H21ClN2O3/c1-14(25-16-6-4-5-15(20)13-16)19(23)21-17-7-2-3-8-18(17)22-9-11-24-12-10-22/h2-8,13-14H,9-12H2,1H3,(H,21,23). The van der Waals surface area contributed by atoms with Gasteiger partial charge < -0.3 is 19.7 Å². The monoisotopic (exact) mass is 360 g/mol. The van der Waals surface area contributed by atoms with Crippen molar-refractivity contribution in [3.05, 3.63) is 53.6 Å². The molecule has 0 radical (unpaired) electrons. The van der Waals surface area contributed by atoms with Gasteiger partial charge in [0.1, 0.15) is 5.75 Å². The van der Waals surface area contributed by atoms with Crippen LogP contribution in [0, 0.1) is 0 Å². The lowest BCUT2D eigenvalue weighted by Crippen LogP contribution is -2.37. The van der Waals surface area contributed by atoms with E-state index in [0.29, 0.717) is 24.0 Å². The molecule has 1 unspecified atom stereocenters. The number of amides is 1. The first-order valence-electron chi connectivity index (χ1n) is 8.28. The molecule has 132 valence electrons. The smallest absolute Gasteiger partial charge is 0.265 e. The Balaban J connectivity index is 1.68. The van der Waals surface area contributed by atoms with Crippen molar-refractivity contribution in [1.29, 1.82) is 0 Å². The second kappa shape index (κ2) is 8.23. The second-order valence-electron chi connectivity index (χ2n) is 5.82. The quantitative estimate of drug-likeness (QED) is 0.885. The topological polar surface area (TPSA) is 50.8 Å². The van der Waals surface area contributed by atoms with Gasteiger partial charge in [-0.2, -0.15) is 0 Å². The molecule has 1 aliphatic rings. The van der Waals surface area contributed by atoms with Crippen LogP contribution in [0.5, 0.6) is 5.75 Å². The lowest BCUT2D eigenvalue weighted by Gasteiger charge is -2.30. The van der Waals surface area contributed by atoms with Crippen molar-refractivity contribution in [3.63, 3.8) is 0 Å². The molecule has 0 aromatic heterocycles. The van der Waals surface area contributed by atoms with E-state index in [1.165, 1.54) is 0 Å². The Kier molecular flexibility index (Phi) is 5.79. The molecular weight excluding hydrogens is 340 g/mol. The maximum Gasteiger partial charge on any atom is 0.265 e. The summed E-state index contributed by atoms with van der Waals surface area (Å²) in [6, 6.07) is 14.8. The van der Waals surface area contributed by atoms with E-state index in [1.54, 1.807) is 31.2 Å². The predicted molar refractivity (Wildman–Crippen MR) is 99.6 cm³/mol. The van der Waals surface area contributed by atoms with Gasteiger partial charge in [0.25, 0.3) is 5.91 Å². The van der Waals surface area contributed by atoms with Crippen LogP contribution in [-0.2, 0) is 9.53 Å². The van der Waals surface area contributed by atoms with Crippen LogP contribution in [0.4, 0.5) is 11.4 Å². The van der Waals surface area contributed by atoms with Gasteiger partial charge in [-0.1, -0.05) is 29.8 Å². The highest BCUT2D eigenvalue weighted by Crippen LogP contribution is 2.27. The largest absolute Gasteiger partial charge is 0.481 e. The molecular formula is C19H21ClN2O3. The zero-order chi connectivity index (χ0) is 17.6. The first-order chi connectivity index (χ1) is 12.1. The summed E-state index contributed by atoms with van der Waals surface area (Å²) in [5.41, 5.74) is 1.77. The van der Waals surface area contributed by atoms with Gasteiger partial charge in [-0.15, -0.1) is 0 Å². The number of nitrogens with one attached hydrogen (secondary N) is 1. The molecule has 0 bridgehead atoms. The third-order valence-electron chi connectivity index (χ3n) is 3.99. The lowest BCUT2D eigenvalue weighted by molar-refractivity contribution is -0.122. The molecule has 2 aromatic rings. The molecule has 5 nitrogen and oxygen atoms in total. The van der Waals surface area contributed by atoms with Crippen LogP contribution >= 0.6 is 11.6 Å². The van der Waals surface area contributed by atoms with E-state index in [4.69, 9.17) is 21.1 Å². The Hall–Kier alpha value is -2.24. The molecule has 1 atom stereocenters. The first kappa shape index (κ1) is 17.6. The van der Waals surface area contributed by atoms with Gasteiger partial charge in [-0.3, -0.25) is 4.79 Å². The van der Waals surface area contributed by atoms with E-state index in [-0.39, 0.29) is 5.91 Å². The van der Waals surface area contributed by atoms with Crippen LogP contribution in [0.15, 0.2) is 48.5 Å². The molecule has 1 amide bonds. The van der Waals surface area contributed by atoms with Gasteiger partial charge in [0, 0.05) is 18.1 Å². The summed E-state index contributed by atoms with van der Waals surface area (Å²) < 4.78 is 11.1. The fourth-order valence-electron chi connectivity index (χ4n) is 2.69. The number of anilines is 2. The van der Waals surface area contributed by atoms with Crippen molar-refractivity contribution < 1.29 is 14.3 Å². The summed E-state index contributed by atoms with van der Waals surface area (Å²) in [5, 5.41) is 3.54. The van der Waals surface area contributed by atoms with Crippen LogP contribution in [-0.4, -0.2) is 38.3 Å².